The molecule has 0 atom stereocenters. The van der Waals surface area contributed by atoms with Crippen molar-refractivity contribution in [3.63, 3.8) is 0 Å². The van der Waals surface area contributed by atoms with Gasteiger partial charge in [-0.1, -0.05) is 6.92 Å². The maximum absolute atomic E-state index is 11.7. The standard InChI is InChI=1S/C13H22N4O/c1-2-5-16-13(18)9-17-10-15-8-12(17)11-3-6-14-7-4-11/h8,10-11,14H,2-7,9H2,1H3,(H,16,18). The lowest BCUT2D eigenvalue weighted by molar-refractivity contribution is -0.121. The molecule has 0 aliphatic carbocycles. The highest BCUT2D eigenvalue weighted by molar-refractivity contribution is 5.75. The number of carbonyl (C=O) groups excluding carboxylic acids is 1. The molecular weight excluding hydrogens is 228 g/mol. The fraction of sp³-hybridized carbons (Fsp3) is 0.692. The molecule has 2 rings (SSSR count). The predicted molar refractivity (Wildman–Crippen MR) is 70.4 cm³/mol. The molecule has 0 spiro atoms. The van der Waals surface area contributed by atoms with Crippen LogP contribution in [-0.2, 0) is 11.3 Å². The van der Waals surface area contributed by atoms with E-state index in [0.29, 0.717) is 12.5 Å². The lowest BCUT2D eigenvalue weighted by Gasteiger charge is -2.23. The first-order chi connectivity index (χ1) is 8.81. The second kappa shape index (κ2) is 6.54. The number of amides is 1. The van der Waals surface area contributed by atoms with Gasteiger partial charge in [0.1, 0.15) is 6.54 Å². The summed E-state index contributed by atoms with van der Waals surface area (Å²) < 4.78 is 1.99. The topological polar surface area (TPSA) is 59.0 Å². The Morgan fingerprint density at radius 1 is 1.56 bits per heavy atom. The molecule has 1 aromatic rings. The van der Waals surface area contributed by atoms with Crippen molar-refractivity contribution in [2.75, 3.05) is 19.6 Å². The molecule has 0 saturated carbocycles. The summed E-state index contributed by atoms with van der Waals surface area (Å²) in [4.78, 5) is 15.9. The summed E-state index contributed by atoms with van der Waals surface area (Å²) in [5, 5.41) is 6.26. The summed E-state index contributed by atoms with van der Waals surface area (Å²) in [6.45, 7) is 5.29. The van der Waals surface area contributed by atoms with E-state index >= 15 is 0 Å². The molecule has 2 heterocycles. The molecule has 1 aliphatic heterocycles. The van der Waals surface area contributed by atoms with Crippen LogP contribution < -0.4 is 10.6 Å². The number of nitrogens with zero attached hydrogens (tertiary/aromatic N) is 2. The fourth-order valence-corrected chi connectivity index (χ4v) is 2.40. The molecule has 100 valence electrons. The first-order valence-corrected chi connectivity index (χ1v) is 6.78. The summed E-state index contributed by atoms with van der Waals surface area (Å²) in [6, 6.07) is 0. The van der Waals surface area contributed by atoms with Crippen molar-refractivity contribution in [2.24, 2.45) is 0 Å². The summed E-state index contributed by atoms with van der Waals surface area (Å²) in [5.74, 6) is 0.609. The number of imidazole rings is 1. The van der Waals surface area contributed by atoms with Crippen molar-refractivity contribution in [3.05, 3.63) is 18.2 Å². The van der Waals surface area contributed by atoms with Crippen LogP contribution in [0.25, 0.3) is 0 Å². The Bertz CT molecular complexity index is 382. The monoisotopic (exact) mass is 250 g/mol. The molecule has 0 aromatic carbocycles. The number of rotatable bonds is 5. The zero-order valence-corrected chi connectivity index (χ0v) is 11.0. The van der Waals surface area contributed by atoms with E-state index in [9.17, 15) is 4.79 Å². The normalized spacial score (nSPS) is 16.7. The number of hydrogen-bond donors (Lipinski definition) is 2. The first-order valence-electron chi connectivity index (χ1n) is 6.78. The Labute approximate surface area is 108 Å². The zero-order valence-electron chi connectivity index (χ0n) is 11.0. The zero-order chi connectivity index (χ0) is 12.8. The number of piperidine rings is 1. The lowest BCUT2D eigenvalue weighted by Crippen LogP contribution is -2.30. The van der Waals surface area contributed by atoms with Crippen molar-refractivity contribution < 1.29 is 4.79 Å². The molecule has 1 aromatic heterocycles. The maximum Gasteiger partial charge on any atom is 0.239 e. The fourth-order valence-electron chi connectivity index (χ4n) is 2.40. The number of carbonyl (C=O) groups is 1. The molecule has 1 aliphatic rings. The molecule has 5 nitrogen and oxygen atoms in total. The minimum atomic E-state index is 0.0741. The first kappa shape index (κ1) is 13.1. The third-order valence-corrected chi connectivity index (χ3v) is 3.39. The van der Waals surface area contributed by atoms with Crippen molar-refractivity contribution >= 4 is 5.91 Å². The van der Waals surface area contributed by atoms with Crippen LogP contribution in [0, 0.1) is 0 Å². The molecule has 0 radical (unpaired) electrons. The van der Waals surface area contributed by atoms with Gasteiger partial charge in [0.15, 0.2) is 0 Å². The average molecular weight is 250 g/mol. The number of nitrogens with one attached hydrogen (secondary N) is 2. The maximum atomic E-state index is 11.7. The van der Waals surface area contributed by atoms with Crippen molar-refractivity contribution in [3.8, 4) is 0 Å². The summed E-state index contributed by atoms with van der Waals surface area (Å²) in [7, 11) is 0. The van der Waals surface area contributed by atoms with E-state index in [1.807, 2.05) is 10.8 Å². The highest BCUT2D eigenvalue weighted by atomic mass is 16.1. The Balaban J connectivity index is 1.96. The average Bonchev–Trinajstić information content (AvgIpc) is 2.85. The van der Waals surface area contributed by atoms with E-state index in [4.69, 9.17) is 0 Å². The van der Waals surface area contributed by atoms with Gasteiger partial charge < -0.3 is 15.2 Å². The van der Waals surface area contributed by atoms with Crippen LogP contribution in [0.4, 0.5) is 0 Å². The van der Waals surface area contributed by atoms with Gasteiger partial charge in [0.25, 0.3) is 0 Å². The second-order valence-corrected chi connectivity index (χ2v) is 4.82. The minimum Gasteiger partial charge on any atom is -0.355 e. The predicted octanol–water partition coefficient (Wildman–Crippen LogP) is 0.876. The van der Waals surface area contributed by atoms with Crippen LogP contribution in [0.5, 0.6) is 0 Å². The van der Waals surface area contributed by atoms with Crippen LogP contribution in [0.1, 0.15) is 37.8 Å². The molecule has 1 saturated heterocycles. The van der Waals surface area contributed by atoms with Gasteiger partial charge in [0.05, 0.1) is 6.33 Å². The molecule has 0 bridgehead atoms. The molecule has 1 fully saturated rings. The van der Waals surface area contributed by atoms with Gasteiger partial charge in [-0.25, -0.2) is 4.98 Å². The van der Waals surface area contributed by atoms with E-state index < -0.39 is 0 Å². The Hall–Kier alpha value is -1.36. The van der Waals surface area contributed by atoms with E-state index in [1.165, 1.54) is 5.69 Å². The number of hydrogen-bond acceptors (Lipinski definition) is 3. The minimum absolute atomic E-state index is 0.0741. The molecule has 5 heteroatoms. The van der Waals surface area contributed by atoms with E-state index in [1.54, 1.807) is 6.33 Å². The van der Waals surface area contributed by atoms with Crippen LogP contribution in [0.2, 0.25) is 0 Å². The molecule has 2 N–H and O–H groups in total. The van der Waals surface area contributed by atoms with Gasteiger partial charge in [-0.15, -0.1) is 0 Å². The molecule has 0 unspecified atom stereocenters. The molecular formula is C13H22N4O. The number of aromatic nitrogens is 2. The smallest absolute Gasteiger partial charge is 0.239 e. The molecule has 1 amide bonds. The van der Waals surface area contributed by atoms with E-state index in [-0.39, 0.29) is 5.91 Å². The van der Waals surface area contributed by atoms with Gasteiger partial charge in [-0.3, -0.25) is 4.79 Å². The van der Waals surface area contributed by atoms with E-state index in [2.05, 4.69) is 22.5 Å². The summed E-state index contributed by atoms with van der Waals surface area (Å²) >= 11 is 0. The highest BCUT2D eigenvalue weighted by Gasteiger charge is 2.19. The summed E-state index contributed by atoms with van der Waals surface area (Å²) in [5.41, 5.74) is 1.20. The molecule has 18 heavy (non-hydrogen) atoms. The van der Waals surface area contributed by atoms with Crippen LogP contribution in [0.15, 0.2) is 12.5 Å². The Kier molecular flexibility index (Phi) is 4.75. The second-order valence-electron chi connectivity index (χ2n) is 4.82. The van der Waals surface area contributed by atoms with E-state index in [0.717, 1.165) is 38.9 Å². The van der Waals surface area contributed by atoms with Crippen LogP contribution in [-0.4, -0.2) is 35.1 Å². The van der Waals surface area contributed by atoms with Crippen molar-refractivity contribution in [2.45, 2.75) is 38.6 Å². The van der Waals surface area contributed by atoms with Crippen LogP contribution >= 0.6 is 0 Å². The third-order valence-electron chi connectivity index (χ3n) is 3.39. The van der Waals surface area contributed by atoms with Gasteiger partial charge >= 0.3 is 0 Å². The quantitative estimate of drug-likeness (QED) is 0.815. The Morgan fingerprint density at radius 2 is 2.33 bits per heavy atom. The van der Waals surface area contributed by atoms with Gasteiger partial charge in [-0.05, 0) is 32.4 Å². The van der Waals surface area contributed by atoms with Crippen molar-refractivity contribution in [1.82, 2.24) is 20.2 Å². The third kappa shape index (κ3) is 3.32. The van der Waals surface area contributed by atoms with Gasteiger partial charge in [0, 0.05) is 24.4 Å². The Morgan fingerprint density at radius 3 is 3.06 bits per heavy atom. The SMILES string of the molecule is CCCNC(=O)Cn1cncc1C1CCNCC1. The van der Waals surface area contributed by atoms with Crippen molar-refractivity contribution in [1.29, 1.82) is 0 Å². The lowest BCUT2D eigenvalue weighted by atomic mass is 9.95. The van der Waals surface area contributed by atoms with Crippen LogP contribution in [0.3, 0.4) is 0 Å². The summed E-state index contributed by atoms with van der Waals surface area (Å²) in [6.07, 6.45) is 6.90. The highest BCUT2D eigenvalue weighted by Crippen LogP contribution is 2.24. The van der Waals surface area contributed by atoms with Gasteiger partial charge in [0.2, 0.25) is 5.91 Å². The largest absolute Gasteiger partial charge is 0.355 e. The van der Waals surface area contributed by atoms with Gasteiger partial charge in [-0.2, -0.15) is 0 Å².